The van der Waals surface area contributed by atoms with Crippen LogP contribution in [0, 0.1) is 11.3 Å². The van der Waals surface area contributed by atoms with Crippen LogP contribution in [0.3, 0.4) is 0 Å². The molecule has 0 aromatic rings. The van der Waals surface area contributed by atoms with Gasteiger partial charge in [-0.1, -0.05) is 0 Å². The van der Waals surface area contributed by atoms with Crippen molar-refractivity contribution in [2.24, 2.45) is 0 Å². The van der Waals surface area contributed by atoms with Crippen molar-refractivity contribution >= 4 is 11.9 Å². The number of ether oxygens (including phenoxy) is 1. The van der Waals surface area contributed by atoms with E-state index in [-0.39, 0.29) is 18.8 Å². The molecule has 0 radical (unpaired) electrons. The van der Waals surface area contributed by atoms with Crippen molar-refractivity contribution < 1.29 is 24.5 Å². The Balaban J connectivity index is 4.14. The van der Waals surface area contributed by atoms with E-state index in [0.29, 0.717) is 13.2 Å². The number of carboxylic acids is 1. The summed E-state index contributed by atoms with van der Waals surface area (Å²) in [6, 6.07) is 0.589. The summed E-state index contributed by atoms with van der Waals surface area (Å²) in [6.45, 7) is 2.10. The van der Waals surface area contributed by atoms with E-state index in [1.165, 1.54) is 13.1 Å². The van der Waals surface area contributed by atoms with E-state index in [9.17, 15) is 9.59 Å². The Morgan fingerprint density at radius 2 is 2.16 bits per heavy atom. The minimum Gasteiger partial charge on any atom is -0.480 e. The van der Waals surface area contributed by atoms with Crippen molar-refractivity contribution in [3.05, 3.63) is 11.8 Å². The van der Waals surface area contributed by atoms with Crippen LogP contribution in [0.5, 0.6) is 0 Å². The van der Waals surface area contributed by atoms with E-state index in [4.69, 9.17) is 20.2 Å². The first-order valence-corrected chi connectivity index (χ1v) is 5.58. The maximum atomic E-state index is 11.5. The Kier molecular flexibility index (Phi) is 8.78. The van der Waals surface area contributed by atoms with Crippen LogP contribution < -0.4 is 10.6 Å². The Hall–Kier alpha value is -2.11. The molecule has 0 aliphatic carbocycles. The molecule has 0 bridgehead atoms. The quantitative estimate of drug-likeness (QED) is 0.230. The maximum absolute atomic E-state index is 11.5. The van der Waals surface area contributed by atoms with Crippen LogP contribution in [-0.4, -0.2) is 54.5 Å². The van der Waals surface area contributed by atoms with Gasteiger partial charge in [0.15, 0.2) is 0 Å². The highest BCUT2D eigenvalue weighted by Gasteiger charge is 2.16. The van der Waals surface area contributed by atoms with Crippen molar-refractivity contribution in [3.63, 3.8) is 0 Å². The number of carbonyl (C=O) groups is 2. The lowest BCUT2D eigenvalue weighted by molar-refractivity contribution is -0.140. The van der Waals surface area contributed by atoms with Crippen LogP contribution in [0.4, 0.5) is 0 Å². The van der Waals surface area contributed by atoms with Gasteiger partial charge in [-0.15, -0.1) is 0 Å². The second kappa shape index (κ2) is 9.87. The Morgan fingerprint density at radius 3 is 2.68 bits per heavy atom. The Morgan fingerprint density at radius 1 is 1.47 bits per heavy atom. The number of carbonyl (C=O) groups excluding carboxylic acids is 1. The van der Waals surface area contributed by atoms with Gasteiger partial charge in [0.25, 0.3) is 5.91 Å². The summed E-state index contributed by atoms with van der Waals surface area (Å²) in [7, 11) is 0. The summed E-state index contributed by atoms with van der Waals surface area (Å²) in [6.07, 6.45) is 1.19. The number of aliphatic carboxylic acids is 1. The van der Waals surface area contributed by atoms with Crippen molar-refractivity contribution in [2.75, 3.05) is 26.4 Å². The van der Waals surface area contributed by atoms with Crippen LogP contribution in [0.15, 0.2) is 11.8 Å². The lowest BCUT2D eigenvalue weighted by atomic mass is 10.2. The predicted molar refractivity (Wildman–Crippen MR) is 64.8 cm³/mol. The van der Waals surface area contributed by atoms with Crippen molar-refractivity contribution in [3.8, 4) is 6.07 Å². The molecule has 1 unspecified atom stereocenters. The van der Waals surface area contributed by atoms with E-state index in [1.807, 2.05) is 0 Å². The van der Waals surface area contributed by atoms with Gasteiger partial charge in [0.1, 0.15) is 17.7 Å². The van der Waals surface area contributed by atoms with Gasteiger partial charge in [0.05, 0.1) is 19.8 Å². The fraction of sp³-hybridized carbons (Fsp3) is 0.545. The van der Waals surface area contributed by atoms with E-state index in [1.54, 1.807) is 6.07 Å². The molecule has 0 aliphatic heterocycles. The van der Waals surface area contributed by atoms with Gasteiger partial charge < -0.3 is 25.6 Å². The van der Waals surface area contributed by atoms with E-state index in [0.717, 1.165) is 0 Å². The van der Waals surface area contributed by atoms with Gasteiger partial charge >= 0.3 is 5.97 Å². The third-order valence-corrected chi connectivity index (χ3v) is 1.96. The van der Waals surface area contributed by atoms with Crippen LogP contribution in [0.25, 0.3) is 0 Å². The molecule has 0 aromatic heterocycles. The number of aliphatic hydroxyl groups is 1. The second-order valence-corrected chi connectivity index (χ2v) is 3.49. The zero-order chi connectivity index (χ0) is 14.7. The molecule has 0 aliphatic rings. The molecule has 1 atom stereocenters. The van der Waals surface area contributed by atoms with Gasteiger partial charge in [0, 0.05) is 12.7 Å². The number of hydrogen-bond acceptors (Lipinski definition) is 6. The molecule has 8 heteroatoms. The number of nitriles is 1. The Bertz CT molecular complexity index is 375. The van der Waals surface area contributed by atoms with Gasteiger partial charge in [-0.05, 0) is 6.92 Å². The first kappa shape index (κ1) is 16.9. The van der Waals surface area contributed by atoms with Gasteiger partial charge in [-0.2, -0.15) is 5.26 Å². The highest BCUT2D eigenvalue weighted by molar-refractivity contribution is 5.98. The highest BCUT2D eigenvalue weighted by Crippen LogP contribution is 1.92. The fourth-order valence-electron chi connectivity index (χ4n) is 0.957. The van der Waals surface area contributed by atoms with Crippen LogP contribution >= 0.6 is 0 Å². The topological polar surface area (TPSA) is 132 Å². The summed E-state index contributed by atoms with van der Waals surface area (Å²) in [5, 5.41) is 30.7. The number of aliphatic hydroxyl groups excluding tert-OH is 1. The van der Waals surface area contributed by atoms with Crippen molar-refractivity contribution in [2.45, 2.75) is 13.0 Å². The molecule has 0 rings (SSSR count). The minimum absolute atomic E-state index is 0.0746. The largest absolute Gasteiger partial charge is 0.480 e. The molecule has 0 spiro atoms. The predicted octanol–water partition coefficient (Wildman–Crippen LogP) is -1.42. The summed E-state index contributed by atoms with van der Waals surface area (Å²) >= 11 is 0. The normalized spacial score (nSPS) is 12.4. The first-order valence-electron chi connectivity index (χ1n) is 5.58. The Labute approximate surface area is 110 Å². The van der Waals surface area contributed by atoms with E-state index >= 15 is 0 Å². The van der Waals surface area contributed by atoms with Crippen LogP contribution in [0.1, 0.15) is 6.92 Å². The number of amides is 1. The molecule has 0 heterocycles. The van der Waals surface area contributed by atoms with E-state index < -0.39 is 17.9 Å². The number of rotatable bonds is 9. The SMILES string of the molecule is CC(NC(=O)/C(C#N)=C\NCCOCCO)C(=O)O. The highest BCUT2D eigenvalue weighted by atomic mass is 16.5. The van der Waals surface area contributed by atoms with Gasteiger partial charge in [-0.3, -0.25) is 9.59 Å². The molecule has 19 heavy (non-hydrogen) atoms. The molecular formula is C11H17N3O5. The lowest BCUT2D eigenvalue weighted by Gasteiger charge is -2.08. The van der Waals surface area contributed by atoms with Crippen LogP contribution in [0.2, 0.25) is 0 Å². The minimum atomic E-state index is -1.18. The molecule has 8 nitrogen and oxygen atoms in total. The molecule has 0 saturated heterocycles. The average molecular weight is 271 g/mol. The molecular weight excluding hydrogens is 254 g/mol. The van der Waals surface area contributed by atoms with Gasteiger partial charge in [0.2, 0.25) is 0 Å². The monoisotopic (exact) mass is 271 g/mol. The van der Waals surface area contributed by atoms with Crippen molar-refractivity contribution in [1.29, 1.82) is 5.26 Å². The third kappa shape index (κ3) is 7.75. The smallest absolute Gasteiger partial charge is 0.325 e. The zero-order valence-electron chi connectivity index (χ0n) is 10.5. The molecule has 4 N–H and O–H groups in total. The molecule has 0 fully saturated rings. The lowest BCUT2D eigenvalue weighted by Crippen LogP contribution is -2.39. The van der Waals surface area contributed by atoms with Crippen molar-refractivity contribution in [1.82, 2.24) is 10.6 Å². The molecule has 106 valence electrons. The number of nitrogens with one attached hydrogen (secondary N) is 2. The summed E-state index contributed by atoms with van der Waals surface area (Å²) < 4.78 is 4.95. The molecule has 0 saturated carbocycles. The maximum Gasteiger partial charge on any atom is 0.325 e. The molecule has 0 aromatic carbocycles. The third-order valence-electron chi connectivity index (χ3n) is 1.96. The standard InChI is InChI=1S/C11H17N3O5/c1-8(11(17)18)14-10(16)9(6-12)7-13-2-4-19-5-3-15/h7-8,13,15H,2-5H2,1H3,(H,14,16)(H,17,18)/b9-7-. The summed E-state index contributed by atoms with van der Waals surface area (Å²) in [5.74, 6) is -1.95. The summed E-state index contributed by atoms with van der Waals surface area (Å²) in [5.41, 5.74) is -0.227. The second-order valence-electron chi connectivity index (χ2n) is 3.49. The number of hydrogen-bond donors (Lipinski definition) is 4. The average Bonchev–Trinajstić information content (AvgIpc) is 2.37. The zero-order valence-corrected chi connectivity index (χ0v) is 10.5. The fourth-order valence-corrected chi connectivity index (χ4v) is 0.957. The van der Waals surface area contributed by atoms with Crippen LogP contribution in [-0.2, 0) is 14.3 Å². The molecule has 1 amide bonds. The van der Waals surface area contributed by atoms with E-state index in [2.05, 4.69) is 10.6 Å². The summed E-state index contributed by atoms with van der Waals surface area (Å²) in [4.78, 5) is 22.0. The number of nitrogens with zero attached hydrogens (tertiary/aromatic N) is 1. The van der Waals surface area contributed by atoms with Gasteiger partial charge in [-0.25, -0.2) is 0 Å². The first-order chi connectivity index (χ1) is 9.02. The number of carboxylic acid groups (broad SMARTS) is 1.